The van der Waals surface area contributed by atoms with Gasteiger partial charge in [-0.05, 0) is 160 Å². The molecule has 0 aliphatic carbocycles. The van der Waals surface area contributed by atoms with Crippen LogP contribution >= 0.6 is 0 Å². The Bertz CT molecular complexity index is 1170. The number of carbonyl (C=O) groups is 2. The summed E-state index contributed by atoms with van der Waals surface area (Å²) in [6, 6.07) is 0. The average Bonchev–Trinajstić information content (AvgIpc) is 3.19. The fraction of sp³-hybridized carbons (Fsp3) is 0.967. The molecule has 0 atom stereocenters. The zero-order chi connectivity index (χ0) is 52.5. The Hall–Kier alpha value is -1.18. The van der Waals surface area contributed by atoms with E-state index >= 15 is 0 Å². The molecular formula is C61H125N5O2. The number of hydrogen-bond acceptors (Lipinski definition) is 5. The fourth-order valence-corrected chi connectivity index (χ4v) is 11.9. The van der Waals surface area contributed by atoms with E-state index in [0.29, 0.717) is 82.3 Å². The number of hydrogen-bond donors (Lipinski definition) is 2. The van der Waals surface area contributed by atoms with E-state index in [4.69, 9.17) is 0 Å². The largest absolute Gasteiger partial charge is 0.355 e. The Labute approximate surface area is 427 Å². The SMILES string of the molecule is CCCN(CCC(=O)NCCN(CCCC(C)(C)CC(C)(C)CC)CCCC(C)(C)CC(C)(C)CC)CCC(=O)NCCN(CCCC(C)(C)CC(C)(C)CC)CCCC(C)(C)CC(C)(C)CC. The summed E-state index contributed by atoms with van der Waals surface area (Å²) >= 11 is 0. The van der Waals surface area contributed by atoms with Gasteiger partial charge in [-0.3, -0.25) is 9.59 Å². The summed E-state index contributed by atoms with van der Waals surface area (Å²) < 4.78 is 0. The van der Waals surface area contributed by atoms with Crippen LogP contribution in [0, 0.1) is 43.3 Å². The molecule has 2 amide bonds. The van der Waals surface area contributed by atoms with Crippen molar-refractivity contribution in [1.82, 2.24) is 25.3 Å². The smallest absolute Gasteiger partial charge is 0.221 e. The number of carbonyl (C=O) groups excluding carboxylic acids is 2. The summed E-state index contributed by atoms with van der Waals surface area (Å²) in [5.41, 5.74) is 2.80. The van der Waals surface area contributed by atoms with Gasteiger partial charge in [-0.1, -0.05) is 171 Å². The van der Waals surface area contributed by atoms with Crippen LogP contribution in [-0.2, 0) is 9.59 Å². The highest BCUT2D eigenvalue weighted by atomic mass is 16.2. The van der Waals surface area contributed by atoms with Gasteiger partial charge >= 0.3 is 0 Å². The van der Waals surface area contributed by atoms with Crippen molar-refractivity contribution >= 4 is 11.8 Å². The summed E-state index contributed by atoms with van der Waals surface area (Å²) in [6.45, 7) is 60.2. The maximum Gasteiger partial charge on any atom is 0.221 e. The van der Waals surface area contributed by atoms with E-state index in [1.165, 1.54) is 103 Å². The number of rotatable bonds is 42. The molecule has 0 bridgehead atoms. The van der Waals surface area contributed by atoms with Gasteiger partial charge < -0.3 is 25.3 Å². The van der Waals surface area contributed by atoms with E-state index < -0.39 is 0 Å². The van der Waals surface area contributed by atoms with Gasteiger partial charge in [-0.2, -0.15) is 0 Å². The van der Waals surface area contributed by atoms with Crippen LogP contribution in [0.25, 0.3) is 0 Å². The monoisotopic (exact) mass is 960 g/mol. The van der Waals surface area contributed by atoms with Crippen molar-refractivity contribution in [2.75, 3.05) is 72.0 Å². The van der Waals surface area contributed by atoms with Crippen molar-refractivity contribution in [2.45, 2.75) is 267 Å². The Morgan fingerprint density at radius 1 is 0.324 bits per heavy atom. The Balaban J connectivity index is 5.31. The van der Waals surface area contributed by atoms with E-state index in [-0.39, 0.29) is 11.8 Å². The fourth-order valence-electron chi connectivity index (χ4n) is 11.9. The first kappa shape index (κ1) is 66.8. The maximum atomic E-state index is 13.3. The molecule has 68 heavy (non-hydrogen) atoms. The Morgan fingerprint density at radius 3 is 0.779 bits per heavy atom. The molecule has 0 aliphatic rings. The van der Waals surface area contributed by atoms with Crippen LogP contribution in [0.5, 0.6) is 0 Å². The van der Waals surface area contributed by atoms with Crippen molar-refractivity contribution in [3.05, 3.63) is 0 Å². The highest BCUT2D eigenvalue weighted by molar-refractivity contribution is 5.76. The van der Waals surface area contributed by atoms with Gasteiger partial charge in [-0.15, -0.1) is 0 Å². The van der Waals surface area contributed by atoms with Crippen molar-refractivity contribution in [3.63, 3.8) is 0 Å². The van der Waals surface area contributed by atoms with Gasteiger partial charge in [0.05, 0.1) is 0 Å². The lowest BCUT2D eigenvalue weighted by molar-refractivity contribution is -0.121. The van der Waals surface area contributed by atoms with Crippen LogP contribution in [0.1, 0.15) is 267 Å². The number of amides is 2. The molecule has 7 nitrogen and oxygen atoms in total. The minimum absolute atomic E-state index is 0.122. The molecule has 2 N–H and O–H groups in total. The highest BCUT2D eigenvalue weighted by Crippen LogP contribution is 2.42. The molecule has 0 aromatic heterocycles. The van der Waals surface area contributed by atoms with E-state index in [2.05, 4.69) is 171 Å². The van der Waals surface area contributed by atoms with E-state index in [1.807, 2.05) is 0 Å². The predicted octanol–water partition coefficient (Wildman–Crippen LogP) is 15.8. The van der Waals surface area contributed by atoms with E-state index in [9.17, 15) is 9.59 Å². The lowest BCUT2D eigenvalue weighted by Crippen LogP contribution is -2.39. The van der Waals surface area contributed by atoms with Crippen LogP contribution < -0.4 is 10.6 Å². The second-order valence-electron chi connectivity index (χ2n) is 28.6. The Morgan fingerprint density at radius 2 is 0.559 bits per heavy atom. The first-order valence-electron chi connectivity index (χ1n) is 28.9. The summed E-state index contributed by atoms with van der Waals surface area (Å²) in [5, 5.41) is 6.57. The molecule has 0 radical (unpaired) electrons. The first-order valence-corrected chi connectivity index (χ1v) is 28.9. The van der Waals surface area contributed by atoms with Gasteiger partial charge in [0.1, 0.15) is 0 Å². The second kappa shape index (κ2) is 31.4. The van der Waals surface area contributed by atoms with Gasteiger partial charge in [0.2, 0.25) is 11.8 Å². The van der Waals surface area contributed by atoms with Crippen LogP contribution in [0.3, 0.4) is 0 Å². The molecule has 7 heteroatoms. The molecule has 406 valence electrons. The van der Waals surface area contributed by atoms with E-state index in [1.54, 1.807) is 0 Å². The minimum atomic E-state index is 0.122. The molecule has 0 saturated heterocycles. The molecule has 0 aromatic carbocycles. The molecule has 0 aromatic rings. The Kier molecular flexibility index (Phi) is 30.9. The molecular weight excluding hydrogens is 835 g/mol. The molecule has 0 aliphatic heterocycles. The number of nitrogens with zero attached hydrogens (tertiary/aromatic N) is 3. The topological polar surface area (TPSA) is 67.9 Å². The van der Waals surface area contributed by atoms with Crippen molar-refractivity contribution in [2.24, 2.45) is 43.3 Å². The molecule has 0 unspecified atom stereocenters. The number of nitrogens with one attached hydrogen (secondary N) is 2. The third-order valence-corrected chi connectivity index (χ3v) is 16.3. The van der Waals surface area contributed by atoms with E-state index in [0.717, 1.165) is 52.2 Å². The third kappa shape index (κ3) is 34.2. The summed E-state index contributed by atoms with van der Waals surface area (Å²) in [6.07, 6.45) is 21.5. The lowest BCUT2D eigenvalue weighted by atomic mass is 9.71. The lowest BCUT2D eigenvalue weighted by Gasteiger charge is -2.36. The standard InChI is InChI=1S/C61H125N5O2/c1-22-39-64(44-31-52(67)62-37-46-65(40-27-33-58(14,15)48-54(6,7)23-2)41-28-34-59(16,17)49-55(8,9)24-3)45-32-53(68)63-38-47-66(42-29-35-60(18,19)50-56(10,11)25-4)43-30-36-61(20,21)51-57(12,13)26-5/h22-51H2,1-21H3,(H,62,67)(H,63,68). The summed E-state index contributed by atoms with van der Waals surface area (Å²) in [5.74, 6) is 0.243. The van der Waals surface area contributed by atoms with Crippen LogP contribution in [-0.4, -0.2) is 98.5 Å². The van der Waals surface area contributed by atoms with Gasteiger partial charge in [-0.25, -0.2) is 0 Å². The second-order valence-corrected chi connectivity index (χ2v) is 28.6. The predicted molar refractivity (Wildman–Crippen MR) is 302 cm³/mol. The zero-order valence-electron chi connectivity index (χ0n) is 50.4. The molecule has 0 saturated carbocycles. The quantitative estimate of drug-likeness (QED) is 0.0638. The van der Waals surface area contributed by atoms with Crippen LogP contribution in [0.15, 0.2) is 0 Å². The first-order chi connectivity index (χ1) is 31.2. The van der Waals surface area contributed by atoms with Gasteiger partial charge in [0.25, 0.3) is 0 Å². The van der Waals surface area contributed by atoms with Gasteiger partial charge in [0, 0.05) is 52.1 Å². The highest BCUT2D eigenvalue weighted by Gasteiger charge is 2.31. The van der Waals surface area contributed by atoms with Crippen LogP contribution in [0.4, 0.5) is 0 Å². The summed E-state index contributed by atoms with van der Waals surface area (Å²) in [7, 11) is 0. The maximum absolute atomic E-state index is 13.3. The van der Waals surface area contributed by atoms with Crippen LogP contribution in [0.2, 0.25) is 0 Å². The zero-order valence-corrected chi connectivity index (χ0v) is 50.4. The molecule has 0 spiro atoms. The van der Waals surface area contributed by atoms with Crippen molar-refractivity contribution < 1.29 is 9.59 Å². The molecule has 0 heterocycles. The molecule has 0 fully saturated rings. The minimum Gasteiger partial charge on any atom is -0.355 e. The average molecular weight is 961 g/mol. The third-order valence-electron chi connectivity index (χ3n) is 16.3. The van der Waals surface area contributed by atoms with Crippen molar-refractivity contribution in [1.29, 1.82) is 0 Å². The van der Waals surface area contributed by atoms with Gasteiger partial charge in [0.15, 0.2) is 0 Å². The molecule has 0 rings (SSSR count). The van der Waals surface area contributed by atoms with Crippen molar-refractivity contribution in [3.8, 4) is 0 Å². The normalized spacial score (nSPS) is 13.9. The summed E-state index contributed by atoms with van der Waals surface area (Å²) in [4.78, 5) is 34.1.